The average molecular weight is 703 g/mol. The lowest BCUT2D eigenvalue weighted by Gasteiger charge is -2.32. The Morgan fingerprint density at radius 1 is 0.939 bits per heavy atom. The zero-order chi connectivity index (χ0) is 34.5. The summed E-state index contributed by atoms with van der Waals surface area (Å²) in [6.07, 6.45) is 3.83. The van der Waals surface area contributed by atoms with Crippen molar-refractivity contribution in [2.45, 2.75) is 69.1 Å². The molecule has 0 radical (unpaired) electrons. The van der Waals surface area contributed by atoms with E-state index in [9.17, 15) is 20.1 Å². The van der Waals surface area contributed by atoms with Gasteiger partial charge in [-0.2, -0.15) is 0 Å². The van der Waals surface area contributed by atoms with Gasteiger partial charge in [0.2, 0.25) is 0 Å². The van der Waals surface area contributed by atoms with Gasteiger partial charge in [-0.25, -0.2) is 0 Å². The van der Waals surface area contributed by atoms with E-state index in [0.29, 0.717) is 25.1 Å². The van der Waals surface area contributed by atoms with Crippen LogP contribution in [-0.2, 0) is 22.5 Å². The first-order valence-electron chi connectivity index (χ1n) is 17.0. The number of carbonyl (C=O) groups is 1. The van der Waals surface area contributed by atoms with Crippen molar-refractivity contribution in [3.8, 4) is 34.1 Å². The van der Waals surface area contributed by atoms with Gasteiger partial charge in [-0.1, -0.05) is 51.9 Å². The lowest BCUT2D eigenvalue weighted by Crippen LogP contribution is -2.33. The summed E-state index contributed by atoms with van der Waals surface area (Å²) in [6, 6.07) is 18.7. The quantitative estimate of drug-likeness (QED) is 0.0953. The molecule has 10 heteroatoms. The number of phenols is 3. The van der Waals surface area contributed by atoms with E-state index in [2.05, 4.69) is 22.8 Å². The molecule has 0 spiro atoms. The predicted octanol–water partition coefficient (Wildman–Crippen LogP) is 8.17. The first-order valence-corrected chi connectivity index (χ1v) is 19.4. The number of fused-ring (bicyclic) bond motifs is 9. The second-order valence-electron chi connectivity index (χ2n) is 13.0. The largest absolute Gasteiger partial charge is 0.508 e. The average Bonchev–Trinajstić information content (AvgIpc) is 3.21. The molecule has 49 heavy (non-hydrogen) atoms. The molecular formula is C39H46N2O6S2. The standard InChI is InChI=1S/C39H46N2O6S2/c1-40-22-23-17-27(19-30(44)18-23)39(41-2)47-34-21-29(43)12-7-26-9-14-33(45)38(46-3)36(26)31-13-8-24-6-11-28(42)20-32(24)37(31)35-15-10-25(34)5-4-16-48-49-35/h6,8-9,11,13-14,17-20,25,34-35,39-42,44-45H,4-5,7,10,12,15-16,21-22H2,1-3H3/t25-,34+,35-,39+/m1/s1. The maximum atomic E-state index is 13.9. The third-order valence-electron chi connectivity index (χ3n) is 9.74. The number of carbonyl (C=O) groups excluding carboxylic acids is 1. The molecule has 1 heterocycles. The molecule has 4 aromatic rings. The minimum absolute atomic E-state index is 0.0480. The van der Waals surface area contributed by atoms with Gasteiger partial charge in [-0.15, -0.1) is 0 Å². The van der Waals surface area contributed by atoms with Crippen molar-refractivity contribution in [2.24, 2.45) is 5.92 Å². The monoisotopic (exact) mass is 702 g/mol. The Morgan fingerprint density at radius 2 is 1.78 bits per heavy atom. The van der Waals surface area contributed by atoms with Crippen LogP contribution in [0.15, 0.2) is 60.7 Å². The number of aromatic hydroxyl groups is 3. The van der Waals surface area contributed by atoms with Crippen molar-refractivity contribution >= 4 is 38.1 Å². The van der Waals surface area contributed by atoms with E-state index in [4.69, 9.17) is 9.47 Å². The number of hydrogen-bond acceptors (Lipinski definition) is 10. The number of ketones is 1. The maximum absolute atomic E-state index is 13.9. The van der Waals surface area contributed by atoms with Gasteiger partial charge in [0.05, 0.1) is 13.2 Å². The molecule has 1 aliphatic carbocycles. The van der Waals surface area contributed by atoms with Crippen molar-refractivity contribution in [1.82, 2.24) is 10.6 Å². The lowest BCUT2D eigenvalue weighted by atomic mass is 9.85. The summed E-state index contributed by atoms with van der Waals surface area (Å²) in [5, 5.41) is 40.8. The fraction of sp³-hybridized carbons (Fsp3) is 0.410. The minimum Gasteiger partial charge on any atom is -0.508 e. The lowest BCUT2D eigenvalue weighted by molar-refractivity contribution is -0.126. The molecule has 4 atom stereocenters. The molecule has 0 saturated carbocycles. The zero-order valence-electron chi connectivity index (χ0n) is 28.3. The number of aryl methyl sites for hydroxylation is 1. The Balaban J connectivity index is 1.47. The van der Waals surface area contributed by atoms with Crippen LogP contribution in [-0.4, -0.2) is 54.2 Å². The van der Waals surface area contributed by atoms with Crippen molar-refractivity contribution in [1.29, 1.82) is 0 Å². The smallest absolute Gasteiger partial charge is 0.168 e. The van der Waals surface area contributed by atoms with Crippen molar-refractivity contribution < 1.29 is 29.6 Å². The summed E-state index contributed by atoms with van der Waals surface area (Å²) in [7, 11) is 9.01. The molecule has 0 aromatic heterocycles. The molecular weight excluding hydrogens is 657 g/mol. The van der Waals surface area contributed by atoms with E-state index in [0.717, 1.165) is 75.6 Å². The Labute approximate surface area is 296 Å². The highest BCUT2D eigenvalue weighted by molar-refractivity contribution is 8.76. The van der Waals surface area contributed by atoms with Crippen LogP contribution in [0.1, 0.15) is 72.3 Å². The van der Waals surface area contributed by atoms with Gasteiger partial charge in [0.15, 0.2) is 11.5 Å². The van der Waals surface area contributed by atoms with Gasteiger partial charge in [0, 0.05) is 36.0 Å². The summed E-state index contributed by atoms with van der Waals surface area (Å²) >= 11 is 0. The first-order chi connectivity index (χ1) is 23.8. The molecule has 6 rings (SSSR count). The molecule has 5 N–H and O–H groups in total. The number of ether oxygens (including phenoxy) is 2. The van der Waals surface area contributed by atoms with Gasteiger partial charge >= 0.3 is 0 Å². The number of rotatable bonds is 7. The summed E-state index contributed by atoms with van der Waals surface area (Å²) in [4.78, 5) is 13.9. The number of Topliss-reactive ketones (excluding diaryl/α,β-unsaturated/α-hetero) is 1. The summed E-state index contributed by atoms with van der Waals surface area (Å²) < 4.78 is 12.8. The zero-order valence-corrected chi connectivity index (χ0v) is 30.0. The highest BCUT2D eigenvalue weighted by Gasteiger charge is 2.33. The highest BCUT2D eigenvalue weighted by atomic mass is 33.1. The Bertz CT molecular complexity index is 1800. The molecule has 4 aromatic carbocycles. The van der Waals surface area contributed by atoms with Crippen LogP contribution in [0.2, 0.25) is 0 Å². The first kappa shape index (κ1) is 35.4. The third-order valence-corrected chi connectivity index (χ3v) is 12.6. The van der Waals surface area contributed by atoms with Crippen LogP contribution >= 0.6 is 21.6 Å². The molecule has 1 aliphatic heterocycles. The molecule has 2 aliphatic rings. The van der Waals surface area contributed by atoms with E-state index in [1.54, 1.807) is 31.4 Å². The molecule has 1 saturated heterocycles. The molecule has 8 nitrogen and oxygen atoms in total. The van der Waals surface area contributed by atoms with Gasteiger partial charge in [0.1, 0.15) is 23.5 Å². The number of methoxy groups -OCH3 is 1. The molecule has 2 bridgehead atoms. The summed E-state index contributed by atoms with van der Waals surface area (Å²) in [5.41, 5.74) is 5.53. The van der Waals surface area contributed by atoms with E-state index in [1.165, 1.54) is 0 Å². The van der Waals surface area contributed by atoms with Crippen LogP contribution in [0.5, 0.6) is 23.0 Å². The van der Waals surface area contributed by atoms with E-state index < -0.39 is 6.23 Å². The number of phenolic OH excluding ortho intramolecular Hbond substituents is 3. The van der Waals surface area contributed by atoms with Gasteiger partial charge in [-0.05, 0) is 121 Å². The van der Waals surface area contributed by atoms with Crippen molar-refractivity contribution in [3.05, 3.63) is 82.9 Å². The van der Waals surface area contributed by atoms with Crippen molar-refractivity contribution in [2.75, 3.05) is 27.0 Å². The SMILES string of the molecule is CNCc1cc(O)cc([C@@H](NC)O[C@H]2CC(=O)CCc3ccc(O)c(OC)c3-c3ccc4ccc(O)cc4c3[C@H]3CC[C@H]2CCCSS3)c1. The molecule has 1 fully saturated rings. The summed E-state index contributed by atoms with van der Waals surface area (Å²) in [6.45, 7) is 0.608. The number of nitrogens with one attached hydrogen (secondary N) is 2. The second kappa shape index (κ2) is 16.1. The van der Waals surface area contributed by atoms with Crippen LogP contribution in [0, 0.1) is 5.92 Å². The van der Waals surface area contributed by atoms with E-state index >= 15 is 0 Å². The van der Waals surface area contributed by atoms with Gasteiger partial charge < -0.3 is 30.1 Å². The number of benzene rings is 4. The van der Waals surface area contributed by atoms with Gasteiger partial charge in [0.25, 0.3) is 0 Å². The van der Waals surface area contributed by atoms with Crippen LogP contribution in [0.25, 0.3) is 21.9 Å². The van der Waals surface area contributed by atoms with E-state index in [1.807, 2.05) is 59.9 Å². The normalized spacial score (nSPS) is 20.9. The second-order valence-corrected chi connectivity index (χ2v) is 15.7. The van der Waals surface area contributed by atoms with Crippen LogP contribution in [0.4, 0.5) is 0 Å². The Kier molecular flexibility index (Phi) is 11.6. The Morgan fingerprint density at radius 3 is 2.57 bits per heavy atom. The fourth-order valence-corrected chi connectivity index (χ4v) is 10.3. The summed E-state index contributed by atoms with van der Waals surface area (Å²) in [5.74, 6) is 2.02. The topological polar surface area (TPSA) is 120 Å². The van der Waals surface area contributed by atoms with E-state index in [-0.39, 0.29) is 46.7 Å². The Hall–Kier alpha value is -3.41. The molecule has 260 valence electrons. The van der Waals surface area contributed by atoms with Crippen LogP contribution in [0.3, 0.4) is 0 Å². The predicted molar refractivity (Wildman–Crippen MR) is 200 cm³/mol. The number of hydrogen-bond donors (Lipinski definition) is 5. The third kappa shape index (κ3) is 7.99. The highest BCUT2D eigenvalue weighted by Crippen LogP contribution is 2.52. The molecule has 0 amide bonds. The fourth-order valence-electron chi connectivity index (χ4n) is 7.45. The maximum Gasteiger partial charge on any atom is 0.168 e. The minimum atomic E-state index is -0.510. The van der Waals surface area contributed by atoms with Gasteiger partial charge in [-0.3, -0.25) is 10.1 Å². The van der Waals surface area contributed by atoms with Crippen molar-refractivity contribution in [3.63, 3.8) is 0 Å². The van der Waals surface area contributed by atoms with Crippen LogP contribution < -0.4 is 15.4 Å². The molecule has 0 unspecified atom stereocenters.